The van der Waals surface area contributed by atoms with Gasteiger partial charge in [0, 0.05) is 31.5 Å². The lowest BCUT2D eigenvalue weighted by atomic mass is 9.96. The highest BCUT2D eigenvalue weighted by Crippen LogP contribution is 2.24. The molecule has 2 amide bonds. The van der Waals surface area contributed by atoms with Crippen molar-refractivity contribution < 1.29 is 9.53 Å². The maximum absolute atomic E-state index is 13.2. The summed E-state index contributed by atoms with van der Waals surface area (Å²) in [4.78, 5) is 17.1. The molecular formula is C24H33N3O2. The van der Waals surface area contributed by atoms with Gasteiger partial charge in [0.1, 0.15) is 5.75 Å². The number of carbonyl (C=O) groups is 1. The van der Waals surface area contributed by atoms with Gasteiger partial charge in [-0.2, -0.15) is 0 Å². The second kappa shape index (κ2) is 10.2. The Hall–Kier alpha value is -2.69. The average molecular weight is 396 g/mol. The molecule has 2 aromatic rings. The number of hydrogen-bond donors (Lipinski definition) is 1. The number of carbonyl (C=O) groups excluding carboxylic acids is 1. The van der Waals surface area contributed by atoms with Crippen molar-refractivity contribution in [3.8, 4) is 5.75 Å². The third-order valence-corrected chi connectivity index (χ3v) is 5.43. The molecule has 0 bridgehead atoms. The van der Waals surface area contributed by atoms with Gasteiger partial charge in [-0.15, -0.1) is 0 Å². The third kappa shape index (κ3) is 5.89. The molecule has 0 aromatic heterocycles. The third-order valence-electron chi connectivity index (χ3n) is 5.43. The van der Waals surface area contributed by atoms with Gasteiger partial charge in [-0.25, -0.2) is 4.79 Å². The van der Waals surface area contributed by atoms with Crippen molar-refractivity contribution in [2.45, 2.75) is 51.6 Å². The van der Waals surface area contributed by atoms with Gasteiger partial charge in [-0.05, 0) is 61.7 Å². The number of hydrogen-bond acceptors (Lipinski definition) is 3. The molecule has 156 valence electrons. The van der Waals surface area contributed by atoms with Crippen LogP contribution in [0.5, 0.6) is 5.75 Å². The Morgan fingerprint density at radius 1 is 0.966 bits per heavy atom. The number of urea groups is 1. The molecule has 3 rings (SSSR count). The first-order valence-electron chi connectivity index (χ1n) is 10.6. The molecule has 0 unspecified atom stereocenters. The van der Waals surface area contributed by atoms with Crippen LogP contribution in [0.15, 0.2) is 48.5 Å². The zero-order valence-electron chi connectivity index (χ0n) is 17.9. The SMILES string of the molecule is CCOc1ccc(N(Cc2ccc(N(C)C)cc2)C(=O)NC2CCCCC2)cc1. The summed E-state index contributed by atoms with van der Waals surface area (Å²) in [6, 6.07) is 16.4. The number of amides is 2. The van der Waals surface area contributed by atoms with Crippen molar-refractivity contribution in [1.82, 2.24) is 5.32 Å². The number of rotatable bonds is 7. The molecule has 5 heteroatoms. The molecule has 0 saturated heterocycles. The molecule has 2 aromatic carbocycles. The van der Waals surface area contributed by atoms with E-state index in [1.165, 1.54) is 19.3 Å². The maximum atomic E-state index is 13.2. The molecular weight excluding hydrogens is 362 g/mol. The Morgan fingerprint density at radius 2 is 1.59 bits per heavy atom. The fourth-order valence-corrected chi connectivity index (χ4v) is 3.75. The van der Waals surface area contributed by atoms with Crippen LogP contribution in [-0.4, -0.2) is 32.8 Å². The van der Waals surface area contributed by atoms with E-state index < -0.39 is 0 Å². The van der Waals surface area contributed by atoms with Crippen molar-refractivity contribution in [2.24, 2.45) is 0 Å². The smallest absolute Gasteiger partial charge is 0.322 e. The highest BCUT2D eigenvalue weighted by molar-refractivity contribution is 5.92. The lowest BCUT2D eigenvalue weighted by Gasteiger charge is -2.29. The Kier molecular flexibility index (Phi) is 7.39. The number of nitrogens with zero attached hydrogens (tertiary/aromatic N) is 2. The predicted octanol–water partition coefficient (Wildman–Crippen LogP) is 5.20. The van der Waals surface area contributed by atoms with E-state index >= 15 is 0 Å². The number of benzene rings is 2. The Balaban J connectivity index is 1.78. The van der Waals surface area contributed by atoms with E-state index in [1.807, 2.05) is 50.2 Å². The second-order valence-corrected chi connectivity index (χ2v) is 7.86. The maximum Gasteiger partial charge on any atom is 0.322 e. The summed E-state index contributed by atoms with van der Waals surface area (Å²) in [6.07, 6.45) is 5.80. The zero-order valence-corrected chi connectivity index (χ0v) is 17.9. The van der Waals surface area contributed by atoms with Gasteiger partial charge in [0.2, 0.25) is 0 Å². The van der Waals surface area contributed by atoms with Crippen molar-refractivity contribution in [3.05, 3.63) is 54.1 Å². The normalized spacial score (nSPS) is 14.3. The van der Waals surface area contributed by atoms with Crippen LogP contribution in [0.25, 0.3) is 0 Å². The van der Waals surface area contributed by atoms with Gasteiger partial charge in [-0.1, -0.05) is 31.4 Å². The molecule has 0 aliphatic heterocycles. The largest absolute Gasteiger partial charge is 0.494 e. The number of nitrogens with one attached hydrogen (secondary N) is 1. The summed E-state index contributed by atoms with van der Waals surface area (Å²) in [5.41, 5.74) is 3.12. The molecule has 1 saturated carbocycles. The molecule has 0 heterocycles. The van der Waals surface area contributed by atoms with Crippen LogP contribution in [-0.2, 0) is 6.54 Å². The minimum atomic E-state index is -0.0299. The molecule has 5 nitrogen and oxygen atoms in total. The van der Waals surface area contributed by atoms with Crippen LogP contribution in [0.1, 0.15) is 44.6 Å². The number of ether oxygens (including phenoxy) is 1. The molecule has 1 N–H and O–H groups in total. The highest BCUT2D eigenvalue weighted by Gasteiger charge is 2.21. The summed E-state index contributed by atoms with van der Waals surface area (Å²) in [7, 11) is 4.05. The zero-order chi connectivity index (χ0) is 20.6. The summed E-state index contributed by atoms with van der Waals surface area (Å²) in [6.45, 7) is 3.12. The van der Waals surface area contributed by atoms with E-state index in [0.717, 1.165) is 35.5 Å². The monoisotopic (exact) mass is 395 g/mol. The topological polar surface area (TPSA) is 44.8 Å². The van der Waals surface area contributed by atoms with Gasteiger partial charge in [0.05, 0.1) is 13.2 Å². The fraction of sp³-hybridized carbons (Fsp3) is 0.458. The van der Waals surface area contributed by atoms with Crippen LogP contribution in [0.3, 0.4) is 0 Å². The van der Waals surface area contributed by atoms with Crippen molar-refractivity contribution in [2.75, 3.05) is 30.5 Å². The van der Waals surface area contributed by atoms with Crippen LogP contribution in [0.2, 0.25) is 0 Å². The predicted molar refractivity (Wildman–Crippen MR) is 120 cm³/mol. The van der Waals surface area contributed by atoms with E-state index in [2.05, 4.69) is 34.5 Å². The van der Waals surface area contributed by atoms with E-state index in [-0.39, 0.29) is 12.1 Å². The fourth-order valence-electron chi connectivity index (χ4n) is 3.75. The standard InChI is InChI=1S/C24H33N3O2/c1-4-29-23-16-14-22(15-17-23)27(24(28)25-20-8-6-5-7-9-20)18-19-10-12-21(13-11-19)26(2)3/h10-17,20H,4-9,18H2,1-3H3,(H,25,28). The van der Waals surface area contributed by atoms with Gasteiger partial charge >= 0.3 is 6.03 Å². The summed E-state index contributed by atoms with van der Waals surface area (Å²) in [5.74, 6) is 0.819. The van der Waals surface area contributed by atoms with Crippen LogP contribution < -0.4 is 19.9 Å². The van der Waals surface area contributed by atoms with Crippen LogP contribution >= 0.6 is 0 Å². The van der Waals surface area contributed by atoms with E-state index in [9.17, 15) is 4.79 Å². The molecule has 0 atom stereocenters. The quantitative estimate of drug-likeness (QED) is 0.701. The Bertz CT molecular complexity index is 766. The molecule has 0 radical (unpaired) electrons. The summed E-state index contributed by atoms with van der Waals surface area (Å²) >= 11 is 0. The summed E-state index contributed by atoms with van der Waals surface area (Å²) in [5, 5.41) is 3.25. The Morgan fingerprint density at radius 3 is 2.17 bits per heavy atom. The summed E-state index contributed by atoms with van der Waals surface area (Å²) < 4.78 is 5.55. The van der Waals surface area contributed by atoms with Gasteiger partial charge in [0.15, 0.2) is 0 Å². The molecule has 1 fully saturated rings. The lowest BCUT2D eigenvalue weighted by Crippen LogP contribution is -2.45. The minimum absolute atomic E-state index is 0.0299. The molecule has 29 heavy (non-hydrogen) atoms. The van der Waals surface area contributed by atoms with Crippen molar-refractivity contribution in [3.63, 3.8) is 0 Å². The molecule has 0 spiro atoms. The first-order valence-corrected chi connectivity index (χ1v) is 10.6. The van der Waals surface area contributed by atoms with E-state index in [4.69, 9.17) is 4.74 Å². The average Bonchev–Trinajstić information content (AvgIpc) is 2.74. The van der Waals surface area contributed by atoms with Gasteiger partial charge in [0.25, 0.3) is 0 Å². The molecule has 1 aliphatic rings. The minimum Gasteiger partial charge on any atom is -0.494 e. The van der Waals surface area contributed by atoms with Crippen molar-refractivity contribution >= 4 is 17.4 Å². The lowest BCUT2D eigenvalue weighted by molar-refractivity contribution is 0.238. The van der Waals surface area contributed by atoms with Gasteiger partial charge in [-0.3, -0.25) is 4.90 Å². The highest BCUT2D eigenvalue weighted by atomic mass is 16.5. The van der Waals surface area contributed by atoms with Gasteiger partial charge < -0.3 is 15.0 Å². The van der Waals surface area contributed by atoms with Crippen molar-refractivity contribution in [1.29, 1.82) is 0 Å². The first-order chi connectivity index (χ1) is 14.1. The Labute approximate surface area is 174 Å². The number of anilines is 2. The molecule has 1 aliphatic carbocycles. The van der Waals surface area contributed by atoms with Crippen LogP contribution in [0.4, 0.5) is 16.2 Å². The van der Waals surface area contributed by atoms with E-state index in [1.54, 1.807) is 0 Å². The van der Waals surface area contributed by atoms with E-state index in [0.29, 0.717) is 13.2 Å². The second-order valence-electron chi connectivity index (χ2n) is 7.86. The first kappa shape index (κ1) is 21.0. The van der Waals surface area contributed by atoms with Crippen LogP contribution in [0, 0.1) is 0 Å².